The Morgan fingerprint density at radius 1 is 1.39 bits per heavy atom. The molecule has 18 heavy (non-hydrogen) atoms. The molecule has 2 rings (SSSR count). The van der Waals surface area contributed by atoms with Crippen molar-refractivity contribution in [2.45, 2.75) is 20.4 Å². The number of rotatable bonds is 4. The lowest BCUT2D eigenvalue weighted by Crippen LogP contribution is -2.29. The second-order valence-corrected chi connectivity index (χ2v) is 5.24. The van der Waals surface area contributed by atoms with Crippen LogP contribution in [0.3, 0.4) is 0 Å². The van der Waals surface area contributed by atoms with Gasteiger partial charge in [-0.3, -0.25) is 9.78 Å². The molecule has 4 heteroatoms. The van der Waals surface area contributed by atoms with E-state index in [1.807, 2.05) is 42.3 Å². The van der Waals surface area contributed by atoms with Gasteiger partial charge in [-0.05, 0) is 37.6 Å². The summed E-state index contributed by atoms with van der Waals surface area (Å²) in [7, 11) is 0. The van der Waals surface area contributed by atoms with Gasteiger partial charge in [0.2, 0.25) is 0 Å². The number of amides is 1. The topological polar surface area (TPSA) is 33.2 Å². The van der Waals surface area contributed by atoms with E-state index in [0.29, 0.717) is 13.1 Å². The number of nitrogens with zero attached hydrogens (tertiary/aromatic N) is 2. The van der Waals surface area contributed by atoms with Crippen molar-refractivity contribution in [1.29, 1.82) is 0 Å². The molecular formula is C14H16N2OS. The van der Waals surface area contributed by atoms with Gasteiger partial charge < -0.3 is 4.90 Å². The van der Waals surface area contributed by atoms with E-state index in [1.165, 1.54) is 4.88 Å². The van der Waals surface area contributed by atoms with Crippen molar-refractivity contribution in [3.8, 4) is 0 Å². The SMILES string of the molecule is CCN(Cc1ccncc1)C(=O)c1csc(C)c1. The minimum Gasteiger partial charge on any atom is -0.335 e. The minimum absolute atomic E-state index is 0.0960. The maximum atomic E-state index is 12.3. The van der Waals surface area contributed by atoms with Crippen LogP contribution < -0.4 is 0 Å². The van der Waals surface area contributed by atoms with Gasteiger partial charge in [0.05, 0.1) is 5.56 Å². The van der Waals surface area contributed by atoms with Crippen molar-refractivity contribution >= 4 is 17.2 Å². The third-order valence-electron chi connectivity index (χ3n) is 2.77. The molecule has 0 spiro atoms. The highest BCUT2D eigenvalue weighted by atomic mass is 32.1. The normalized spacial score (nSPS) is 10.3. The molecule has 0 radical (unpaired) electrons. The Bertz CT molecular complexity index is 522. The van der Waals surface area contributed by atoms with E-state index < -0.39 is 0 Å². The summed E-state index contributed by atoms with van der Waals surface area (Å²) in [6, 6.07) is 5.83. The average molecular weight is 260 g/mol. The maximum absolute atomic E-state index is 12.3. The summed E-state index contributed by atoms with van der Waals surface area (Å²) in [5.74, 6) is 0.0960. The zero-order valence-electron chi connectivity index (χ0n) is 10.6. The van der Waals surface area contributed by atoms with Gasteiger partial charge in [-0.15, -0.1) is 11.3 Å². The zero-order valence-corrected chi connectivity index (χ0v) is 11.4. The first-order chi connectivity index (χ1) is 8.70. The van der Waals surface area contributed by atoms with E-state index in [9.17, 15) is 4.79 Å². The van der Waals surface area contributed by atoms with Crippen molar-refractivity contribution in [2.75, 3.05) is 6.54 Å². The summed E-state index contributed by atoms with van der Waals surface area (Å²) in [5.41, 5.74) is 1.89. The van der Waals surface area contributed by atoms with Gasteiger partial charge in [0.1, 0.15) is 0 Å². The lowest BCUT2D eigenvalue weighted by molar-refractivity contribution is 0.0753. The van der Waals surface area contributed by atoms with E-state index in [1.54, 1.807) is 23.7 Å². The highest BCUT2D eigenvalue weighted by molar-refractivity contribution is 7.10. The minimum atomic E-state index is 0.0960. The Labute approximate surface area is 111 Å². The molecule has 0 N–H and O–H groups in total. The van der Waals surface area contributed by atoms with E-state index >= 15 is 0 Å². The number of carbonyl (C=O) groups excluding carboxylic acids is 1. The number of hydrogen-bond acceptors (Lipinski definition) is 3. The maximum Gasteiger partial charge on any atom is 0.254 e. The van der Waals surface area contributed by atoms with Crippen LogP contribution in [0.15, 0.2) is 36.0 Å². The summed E-state index contributed by atoms with van der Waals surface area (Å²) in [6.45, 7) is 5.35. The quantitative estimate of drug-likeness (QED) is 0.846. The van der Waals surface area contributed by atoms with Crippen LogP contribution in [-0.2, 0) is 6.54 Å². The molecule has 2 aromatic heterocycles. The second-order valence-electron chi connectivity index (χ2n) is 4.12. The molecule has 0 aliphatic rings. The van der Waals surface area contributed by atoms with Crippen LogP contribution in [0, 0.1) is 6.92 Å². The van der Waals surface area contributed by atoms with Crippen LogP contribution in [-0.4, -0.2) is 22.3 Å². The average Bonchev–Trinajstić information content (AvgIpc) is 2.83. The predicted molar refractivity (Wildman–Crippen MR) is 73.7 cm³/mol. The number of pyridine rings is 1. The van der Waals surface area contributed by atoms with Crippen LogP contribution in [0.25, 0.3) is 0 Å². The standard InChI is InChI=1S/C14H16N2OS/c1-3-16(9-12-4-6-15-7-5-12)14(17)13-8-11(2)18-10-13/h4-8,10H,3,9H2,1-2H3. The Morgan fingerprint density at radius 3 is 2.67 bits per heavy atom. The van der Waals surface area contributed by atoms with E-state index in [2.05, 4.69) is 4.98 Å². The Morgan fingerprint density at radius 2 is 2.11 bits per heavy atom. The summed E-state index contributed by atoms with van der Waals surface area (Å²) in [5, 5.41) is 1.92. The third-order valence-corrected chi connectivity index (χ3v) is 3.63. The molecular weight excluding hydrogens is 244 g/mol. The van der Waals surface area contributed by atoms with Crippen LogP contribution in [0.4, 0.5) is 0 Å². The first-order valence-corrected chi connectivity index (χ1v) is 6.82. The fourth-order valence-electron chi connectivity index (χ4n) is 1.77. The number of aromatic nitrogens is 1. The highest BCUT2D eigenvalue weighted by Crippen LogP contribution is 2.16. The highest BCUT2D eigenvalue weighted by Gasteiger charge is 2.15. The fourth-order valence-corrected chi connectivity index (χ4v) is 2.45. The van der Waals surface area contributed by atoms with Crippen molar-refractivity contribution in [3.05, 3.63) is 52.0 Å². The molecule has 0 unspecified atom stereocenters. The molecule has 1 amide bonds. The zero-order chi connectivity index (χ0) is 13.0. The van der Waals surface area contributed by atoms with Crippen LogP contribution in [0.2, 0.25) is 0 Å². The Hall–Kier alpha value is -1.68. The molecule has 0 fully saturated rings. The molecule has 0 aliphatic heterocycles. The molecule has 0 aliphatic carbocycles. The molecule has 2 aromatic rings. The van der Waals surface area contributed by atoms with Gasteiger partial charge in [0, 0.05) is 35.7 Å². The summed E-state index contributed by atoms with van der Waals surface area (Å²) >= 11 is 1.61. The molecule has 2 heterocycles. The van der Waals surface area contributed by atoms with Crippen molar-refractivity contribution in [1.82, 2.24) is 9.88 Å². The van der Waals surface area contributed by atoms with Gasteiger partial charge in [-0.25, -0.2) is 0 Å². The van der Waals surface area contributed by atoms with Gasteiger partial charge in [-0.2, -0.15) is 0 Å². The summed E-state index contributed by atoms with van der Waals surface area (Å²) in [4.78, 5) is 19.3. The smallest absolute Gasteiger partial charge is 0.254 e. The van der Waals surface area contributed by atoms with Crippen molar-refractivity contribution in [3.63, 3.8) is 0 Å². The second kappa shape index (κ2) is 5.78. The van der Waals surface area contributed by atoms with E-state index in [4.69, 9.17) is 0 Å². The van der Waals surface area contributed by atoms with Gasteiger partial charge in [0.25, 0.3) is 5.91 Å². The molecule has 94 valence electrons. The van der Waals surface area contributed by atoms with Crippen LogP contribution in [0.5, 0.6) is 0 Å². The fraction of sp³-hybridized carbons (Fsp3) is 0.286. The summed E-state index contributed by atoms with van der Waals surface area (Å²) < 4.78 is 0. The van der Waals surface area contributed by atoms with E-state index in [0.717, 1.165) is 11.1 Å². The number of hydrogen-bond donors (Lipinski definition) is 0. The molecule has 0 bridgehead atoms. The molecule has 0 aromatic carbocycles. The lowest BCUT2D eigenvalue weighted by Gasteiger charge is -2.20. The van der Waals surface area contributed by atoms with Gasteiger partial charge >= 0.3 is 0 Å². The Balaban J connectivity index is 2.12. The largest absolute Gasteiger partial charge is 0.335 e. The lowest BCUT2D eigenvalue weighted by atomic mass is 10.2. The monoisotopic (exact) mass is 260 g/mol. The molecule has 0 saturated carbocycles. The van der Waals surface area contributed by atoms with E-state index in [-0.39, 0.29) is 5.91 Å². The molecule has 3 nitrogen and oxygen atoms in total. The third kappa shape index (κ3) is 2.96. The first-order valence-electron chi connectivity index (χ1n) is 5.94. The molecule has 0 saturated heterocycles. The van der Waals surface area contributed by atoms with Crippen LogP contribution in [0.1, 0.15) is 27.7 Å². The first kappa shape index (κ1) is 12.8. The van der Waals surface area contributed by atoms with Gasteiger partial charge in [-0.1, -0.05) is 0 Å². The van der Waals surface area contributed by atoms with Crippen LogP contribution >= 0.6 is 11.3 Å². The summed E-state index contributed by atoms with van der Waals surface area (Å²) in [6.07, 6.45) is 3.50. The van der Waals surface area contributed by atoms with Crippen molar-refractivity contribution < 1.29 is 4.79 Å². The Kier molecular flexibility index (Phi) is 4.10. The number of thiophene rings is 1. The van der Waals surface area contributed by atoms with Crippen molar-refractivity contribution in [2.24, 2.45) is 0 Å². The number of carbonyl (C=O) groups is 1. The van der Waals surface area contributed by atoms with Gasteiger partial charge in [0.15, 0.2) is 0 Å². The molecule has 0 atom stereocenters. The number of aryl methyl sites for hydroxylation is 1. The predicted octanol–water partition coefficient (Wildman–Crippen LogP) is 3.11.